The highest BCUT2D eigenvalue weighted by Gasteiger charge is 2.09. The van der Waals surface area contributed by atoms with Gasteiger partial charge >= 0.3 is 0 Å². The van der Waals surface area contributed by atoms with Crippen molar-refractivity contribution in [1.82, 2.24) is 14.9 Å². The fraction of sp³-hybridized carbons (Fsp3) is 0.100. The number of carbonyl (C=O) groups is 1. The minimum absolute atomic E-state index is 0.0329. The number of aromatic nitrogens is 3. The van der Waals surface area contributed by atoms with Gasteiger partial charge in [0.25, 0.3) is 0 Å². The molecule has 0 radical (unpaired) electrons. The number of nitrogen functional groups attached to an aromatic ring is 1. The third-order valence-corrected chi connectivity index (χ3v) is 3.52. The highest BCUT2D eigenvalue weighted by molar-refractivity contribution is 9.10. The fourth-order valence-electron chi connectivity index (χ4n) is 1.18. The van der Waals surface area contributed by atoms with Crippen LogP contribution in [0.2, 0.25) is 0 Å². The molecule has 0 saturated carbocycles. The second kappa shape index (κ2) is 5.33. The Hall–Kier alpha value is -1.34. The zero-order valence-corrected chi connectivity index (χ0v) is 11.1. The summed E-state index contributed by atoms with van der Waals surface area (Å²) in [6, 6.07) is 7.23. The van der Waals surface area contributed by atoms with E-state index in [1.54, 1.807) is 12.1 Å². The van der Waals surface area contributed by atoms with Gasteiger partial charge in [-0.25, -0.2) is 4.68 Å². The molecule has 17 heavy (non-hydrogen) atoms. The first-order valence-corrected chi connectivity index (χ1v) is 6.51. The number of nitrogens with zero attached hydrogens (tertiary/aromatic N) is 3. The molecule has 1 aromatic heterocycles. The average molecular weight is 313 g/mol. The lowest BCUT2D eigenvalue weighted by molar-refractivity contribution is 0.102. The van der Waals surface area contributed by atoms with Crippen LogP contribution < -0.4 is 5.84 Å². The molecule has 1 aromatic carbocycles. The molecule has 0 unspecified atom stereocenters. The molecule has 0 atom stereocenters. The lowest BCUT2D eigenvalue weighted by Gasteiger charge is -2.01. The van der Waals surface area contributed by atoms with Gasteiger partial charge < -0.3 is 5.84 Å². The van der Waals surface area contributed by atoms with Crippen molar-refractivity contribution in [2.24, 2.45) is 0 Å². The van der Waals surface area contributed by atoms with E-state index in [4.69, 9.17) is 5.84 Å². The topological polar surface area (TPSA) is 73.8 Å². The number of hydrogen-bond acceptors (Lipinski definition) is 5. The summed E-state index contributed by atoms with van der Waals surface area (Å²) >= 11 is 4.58. The molecule has 0 amide bonds. The lowest BCUT2D eigenvalue weighted by Crippen LogP contribution is -2.09. The molecule has 0 aliphatic carbocycles. The van der Waals surface area contributed by atoms with Crippen LogP contribution in [0.15, 0.2) is 40.2 Å². The molecule has 1 heterocycles. The summed E-state index contributed by atoms with van der Waals surface area (Å²) in [5.74, 6) is 5.86. The predicted octanol–water partition coefficient (Wildman–Crippen LogP) is 1.73. The third kappa shape index (κ3) is 3.07. The first-order valence-electron chi connectivity index (χ1n) is 4.73. The Morgan fingerprint density at radius 3 is 2.71 bits per heavy atom. The molecule has 2 N–H and O–H groups in total. The van der Waals surface area contributed by atoms with Gasteiger partial charge in [0.1, 0.15) is 6.33 Å². The number of thioether (sulfide) groups is 1. The Bertz CT molecular complexity index is 525. The van der Waals surface area contributed by atoms with Crippen LogP contribution in [0.25, 0.3) is 0 Å². The second-order valence-electron chi connectivity index (χ2n) is 3.24. The van der Waals surface area contributed by atoms with Crippen molar-refractivity contribution in [2.45, 2.75) is 5.16 Å². The van der Waals surface area contributed by atoms with Crippen LogP contribution in [-0.4, -0.2) is 26.4 Å². The Labute approximate surface area is 111 Å². The number of benzene rings is 1. The van der Waals surface area contributed by atoms with Gasteiger partial charge in [0, 0.05) is 10.0 Å². The number of halogens is 1. The minimum Gasteiger partial charge on any atom is -0.336 e. The van der Waals surface area contributed by atoms with Gasteiger partial charge in [-0.15, -0.1) is 10.2 Å². The van der Waals surface area contributed by atoms with E-state index in [-0.39, 0.29) is 11.5 Å². The zero-order chi connectivity index (χ0) is 12.3. The Balaban J connectivity index is 1.98. The van der Waals surface area contributed by atoms with Gasteiger partial charge in [-0.2, -0.15) is 0 Å². The van der Waals surface area contributed by atoms with Crippen LogP contribution in [0.3, 0.4) is 0 Å². The van der Waals surface area contributed by atoms with E-state index in [0.29, 0.717) is 10.7 Å². The van der Waals surface area contributed by atoms with Crippen LogP contribution in [0.1, 0.15) is 10.4 Å². The Morgan fingerprint density at radius 2 is 2.12 bits per heavy atom. The monoisotopic (exact) mass is 312 g/mol. The van der Waals surface area contributed by atoms with E-state index in [0.717, 1.165) is 4.47 Å². The van der Waals surface area contributed by atoms with Crippen LogP contribution >= 0.6 is 27.7 Å². The molecule has 0 bridgehead atoms. The molecule has 7 heteroatoms. The molecule has 0 aliphatic heterocycles. The van der Waals surface area contributed by atoms with E-state index in [1.165, 1.54) is 22.8 Å². The van der Waals surface area contributed by atoms with E-state index < -0.39 is 0 Å². The van der Waals surface area contributed by atoms with Crippen LogP contribution in [0.5, 0.6) is 0 Å². The molecule has 0 saturated heterocycles. The number of hydrogen-bond donors (Lipinski definition) is 1. The Morgan fingerprint density at radius 1 is 1.41 bits per heavy atom. The van der Waals surface area contributed by atoms with Crippen molar-refractivity contribution >= 4 is 33.5 Å². The SMILES string of the molecule is Nn1cnnc1SCC(=O)c1ccc(Br)cc1. The molecular formula is C10H9BrN4OS. The smallest absolute Gasteiger partial charge is 0.209 e. The molecule has 0 fully saturated rings. The molecular weight excluding hydrogens is 304 g/mol. The van der Waals surface area contributed by atoms with Gasteiger partial charge in [0.05, 0.1) is 5.75 Å². The van der Waals surface area contributed by atoms with Crippen molar-refractivity contribution in [2.75, 3.05) is 11.6 Å². The standard InChI is InChI=1S/C10H9BrN4OS/c11-8-3-1-7(2-4-8)9(16)5-17-10-14-13-6-15(10)12/h1-4,6H,5,12H2. The number of nitrogens with two attached hydrogens (primary N) is 1. The van der Waals surface area contributed by atoms with Crippen LogP contribution in [0.4, 0.5) is 0 Å². The summed E-state index contributed by atoms with van der Waals surface area (Å²) in [7, 11) is 0. The maximum atomic E-state index is 11.8. The first kappa shape index (κ1) is 12.1. The van der Waals surface area contributed by atoms with Crippen molar-refractivity contribution in [1.29, 1.82) is 0 Å². The summed E-state index contributed by atoms with van der Waals surface area (Å²) in [6.07, 6.45) is 1.40. The first-order chi connectivity index (χ1) is 8.16. The van der Waals surface area contributed by atoms with E-state index in [9.17, 15) is 4.79 Å². The second-order valence-corrected chi connectivity index (χ2v) is 5.10. The van der Waals surface area contributed by atoms with Gasteiger partial charge in [-0.05, 0) is 12.1 Å². The zero-order valence-electron chi connectivity index (χ0n) is 8.71. The summed E-state index contributed by atoms with van der Waals surface area (Å²) in [5, 5.41) is 7.94. The highest BCUT2D eigenvalue weighted by Crippen LogP contribution is 2.16. The third-order valence-electron chi connectivity index (χ3n) is 2.04. The molecule has 0 aliphatic rings. The van der Waals surface area contributed by atoms with Crippen molar-refractivity contribution in [3.05, 3.63) is 40.6 Å². The normalized spacial score (nSPS) is 10.4. The van der Waals surface area contributed by atoms with Crippen molar-refractivity contribution in [3.8, 4) is 0 Å². The van der Waals surface area contributed by atoms with Gasteiger partial charge in [-0.3, -0.25) is 4.79 Å². The molecule has 0 spiro atoms. The number of carbonyl (C=O) groups excluding carboxylic acids is 1. The number of rotatable bonds is 4. The quantitative estimate of drug-likeness (QED) is 0.529. The molecule has 2 rings (SSSR count). The summed E-state index contributed by atoms with van der Waals surface area (Å²) < 4.78 is 2.24. The van der Waals surface area contributed by atoms with Gasteiger partial charge in [-0.1, -0.05) is 39.8 Å². The number of Topliss-reactive ketones (excluding diaryl/α,β-unsaturated/α-hetero) is 1. The maximum Gasteiger partial charge on any atom is 0.209 e. The van der Waals surface area contributed by atoms with Gasteiger partial charge in [0.2, 0.25) is 5.16 Å². The Kier molecular flexibility index (Phi) is 3.80. The van der Waals surface area contributed by atoms with E-state index in [2.05, 4.69) is 26.1 Å². The van der Waals surface area contributed by atoms with E-state index in [1.807, 2.05) is 12.1 Å². The minimum atomic E-state index is 0.0329. The van der Waals surface area contributed by atoms with Crippen LogP contribution in [-0.2, 0) is 0 Å². The van der Waals surface area contributed by atoms with E-state index >= 15 is 0 Å². The average Bonchev–Trinajstić information content (AvgIpc) is 2.73. The van der Waals surface area contributed by atoms with Gasteiger partial charge in [0.15, 0.2) is 5.78 Å². The number of ketones is 1. The predicted molar refractivity (Wildman–Crippen MR) is 69.4 cm³/mol. The van der Waals surface area contributed by atoms with Crippen molar-refractivity contribution < 1.29 is 4.79 Å². The molecule has 5 nitrogen and oxygen atoms in total. The molecule has 88 valence electrons. The summed E-state index contributed by atoms with van der Waals surface area (Å²) in [6.45, 7) is 0. The largest absolute Gasteiger partial charge is 0.336 e. The molecule has 2 aromatic rings. The lowest BCUT2D eigenvalue weighted by atomic mass is 10.2. The fourth-order valence-corrected chi connectivity index (χ4v) is 2.18. The van der Waals surface area contributed by atoms with Crippen LogP contribution in [0, 0.1) is 0 Å². The summed E-state index contributed by atoms with van der Waals surface area (Å²) in [5.41, 5.74) is 0.670. The maximum absolute atomic E-state index is 11.8. The van der Waals surface area contributed by atoms with Crippen molar-refractivity contribution in [3.63, 3.8) is 0 Å². The highest BCUT2D eigenvalue weighted by atomic mass is 79.9. The summed E-state index contributed by atoms with van der Waals surface area (Å²) in [4.78, 5) is 11.8.